The number of amides is 3. The summed E-state index contributed by atoms with van der Waals surface area (Å²) in [6.45, 7) is 3.09. The van der Waals surface area contributed by atoms with E-state index in [0.717, 1.165) is 18.5 Å². The van der Waals surface area contributed by atoms with Gasteiger partial charge in [0, 0.05) is 43.0 Å². The molecule has 0 heterocycles. The highest BCUT2D eigenvalue weighted by Gasteiger charge is 2.16. The van der Waals surface area contributed by atoms with Gasteiger partial charge in [-0.3, -0.25) is 19.8 Å². The highest BCUT2D eigenvalue weighted by molar-refractivity contribution is 6.01. The number of non-ortho nitro benzene ring substituents is 1. The number of unbranched alkanes of at least 4 members (excludes halogenated alkanes) is 5. The number of nitrogens with zero attached hydrogens (tertiary/aromatic N) is 2. The normalized spacial score (nSPS) is 10.5. The third kappa shape index (κ3) is 9.72. The van der Waals surface area contributed by atoms with Gasteiger partial charge in [0.1, 0.15) is 0 Å². The minimum Gasteiger partial charge on any atom is -0.356 e. The van der Waals surface area contributed by atoms with Crippen molar-refractivity contribution in [3.63, 3.8) is 0 Å². The standard InChI is InChI=1S/C25H34N4O4/c1-2-3-4-5-6-10-14-24(30)26-19-11-20-28(22-12-8-7-9-13-22)25(31)27-21-15-17-23(18-16-21)29(32)33/h7-9,12-13,15-18H,2-6,10-11,14,19-20H2,1H3,(H,26,30)(H,27,31). The number of rotatable bonds is 14. The lowest BCUT2D eigenvalue weighted by molar-refractivity contribution is -0.384. The second kappa shape index (κ2) is 14.6. The van der Waals surface area contributed by atoms with Gasteiger partial charge in [-0.15, -0.1) is 0 Å². The Labute approximate surface area is 195 Å². The molecule has 178 valence electrons. The number of hydrogen-bond donors (Lipinski definition) is 2. The van der Waals surface area contributed by atoms with E-state index in [1.54, 1.807) is 4.90 Å². The summed E-state index contributed by atoms with van der Waals surface area (Å²) < 4.78 is 0. The zero-order chi connectivity index (χ0) is 23.9. The lowest BCUT2D eigenvalue weighted by Crippen LogP contribution is -2.37. The summed E-state index contributed by atoms with van der Waals surface area (Å²) in [7, 11) is 0. The van der Waals surface area contributed by atoms with E-state index in [2.05, 4.69) is 17.6 Å². The summed E-state index contributed by atoms with van der Waals surface area (Å²) >= 11 is 0. The predicted octanol–water partition coefficient (Wildman–Crippen LogP) is 5.89. The van der Waals surface area contributed by atoms with Crippen molar-refractivity contribution in [3.8, 4) is 0 Å². The monoisotopic (exact) mass is 454 g/mol. The Morgan fingerprint density at radius 3 is 2.24 bits per heavy atom. The molecule has 8 heteroatoms. The van der Waals surface area contributed by atoms with E-state index in [4.69, 9.17) is 0 Å². The largest absolute Gasteiger partial charge is 0.356 e. The topological polar surface area (TPSA) is 105 Å². The molecule has 3 amide bonds. The van der Waals surface area contributed by atoms with Gasteiger partial charge >= 0.3 is 6.03 Å². The van der Waals surface area contributed by atoms with Crippen LogP contribution in [0.15, 0.2) is 54.6 Å². The number of benzene rings is 2. The van der Waals surface area contributed by atoms with Crippen LogP contribution >= 0.6 is 0 Å². The predicted molar refractivity (Wildman–Crippen MR) is 132 cm³/mol. The lowest BCUT2D eigenvalue weighted by atomic mass is 10.1. The fourth-order valence-corrected chi connectivity index (χ4v) is 3.43. The van der Waals surface area contributed by atoms with Crippen molar-refractivity contribution in [2.45, 2.75) is 58.3 Å². The maximum absolute atomic E-state index is 12.9. The van der Waals surface area contributed by atoms with Crippen LogP contribution in [0.3, 0.4) is 0 Å². The molecule has 0 aliphatic rings. The second-order valence-electron chi connectivity index (χ2n) is 7.94. The number of anilines is 2. The first-order valence-corrected chi connectivity index (χ1v) is 11.7. The van der Waals surface area contributed by atoms with Crippen molar-refractivity contribution in [3.05, 3.63) is 64.7 Å². The third-order valence-corrected chi connectivity index (χ3v) is 5.28. The Balaban J connectivity index is 1.82. The minimum atomic E-state index is -0.483. The zero-order valence-electron chi connectivity index (χ0n) is 19.3. The number of para-hydroxylation sites is 1. The van der Waals surface area contributed by atoms with E-state index < -0.39 is 4.92 Å². The first-order valence-electron chi connectivity index (χ1n) is 11.7. The fraction of sp³-hybridized carbons (Fsp3) is 0.440. The Morgan fingerprint density at radius 2 is 1.58 bits per heavy atom. The Hall–Kier alpha value is -3.42. The highest BCUT2D eigenvalue weighted by Crippen LogP contribution is 2.19. The summed E-state index contributed by atoms with van der Waals surface area (Å²) in [5, 5.41) is 16.5. The Kier molecular flexibility index (Phi) is 11.4. The van der Waals surface area contributed by atoms with Crippen LogP contribution in [0.2, 0.25) is 0 Å². The van der Waals surface area contributed by atoms with Crippen molar-refractivity contribution in [2.75, 3.05) is 23.3 Å². The van der Waals surface area contributed by atoms with Gasteiger partial charge in [-0.1, -0.05) is 57.2 Å². The van der Waals surface area contributed by atoms with Crippen molar-refractivity contribution in [1.29, 1.82) is 0 Å². The lowest BCUT2D eigenvalue weighted by Gasteiger charge is -2.23. The van der Waals surface area contributed by atoms with Gasteiger partial charge in [0.15, 0.2) is 0 Å². The summed E-state index contributed by atoms with van der Waals surface area (Å²) in [6, 6.07) is 14.6. The van der Waals surface area contributed by atoms with Gasteiger partial charge in [-0.25, -0.2) is 4.79 Å². The first kappa shape index (κ1) is 25.8. The summed E-state index contributed by atoms with van der Waals surface area (Å²) in [4.78, 5) is 36.9. The Morgan fingerprint density at radius 1 is 0.909 bits per heavy atom. The average Bonchev–Trinajstić information content (AvgIpc) is 2.82. The number of hydrogen-bond acceptors (Lipinski definition) is 4. The van der Waals surface area contributed by atoms with E-state index in [9.17, 15) is 19.7 Å². The number of nitrogens with one attached hydrogen (secondary N) is 2. The molecule has 0 aliphatic carbocycles. The molecule has 0 aliphatic heterocycles. The molecule has 0 aromatic heterocycles. The molecule has 2 N–H and O–H groups in total. The molecule has 0 saturated carbocycles. The van der Waals surface area contributed by atoms with Gasteiger partial charge in [0.25, 0.3) is 5.69 Å². The molecule has 2 aromatic rings. The van der Waals surface area contributed by atoms with Crippen LogP contribution in [0.25, 0.3) is 0 Å². The fourth-order valence-electron chi connectivity index (χ4n) is 3.43. The first-order chi connectivity index (χ1) is 16.0. The van der Waals surface area contributed by atoms with Gasteiger partial charge in [0.05, 0.1) is 4.92 Å². The van der Waals surface area contributed by atoms with Crippen LogP contribution in [-0.4, -0.2) is 30.0 Å². The van der Waals surface area contributed by atoms with E-state index in [-0.39, 0.29) is 17.6 Å². The molecule has 2 aromatic carbocycles. The summed E-state index contributed by atoms with van der Waals surface area (Å²) in [5.74, 6) is 0.0482. The van der Waals surface area contributed by atoms with E-state index in [1.165, 1.54) is 49.9 Å². The average molecular weight is 455 g/mol. The van der Waals surface area contributed by atoms with E-state index >= 15 is 0 Å². The SMILES string of the molecule is CCCCCCCCC(=O)NCCCN(C(=O)Nc1ccc([N+](=O)[O-])cc1)c1ccccc1. The molecule has 0 bridgehead atoms. The molecule has 8 nitrogen and oxygen atoms in total. The van der Waals surface area contributed by atoms with Gasteiger partial charge in [0.2, 0.25) is 5.91 Å². The van der Waals surface area contributed by atoms with Crippen LogP contribution in [0, 0.1) is 10.1 Å². The number of carbonyl (C=O) groups excluding carboxylic acids is 2. The molecule has 2 rings (SSSR count). The van der Waals surface area contributed by atoms with Crippen LogP contribution in [0.5, 0.6) is 0 Å². The molecular weight excluding hydrogens is 420 g/mol. The van der Waals surface area contributed by atoms with Crippen LogP contribution in [0.4, 0.5) is 21.9 Å². The Bertz CT molecular complexity index is 872. The van der Waals surface area contributed by atoms with Crippen LogP contribution < -0.4 is 15.5 Å². The van der Waals surface area contributed by atoms with E-state index in [0.29, 0.717) is 31.6 Å². The van der Waals surface area contributed by atoms with Gasteiger partial charge in [-0.2, -0.15) is 0 Å². The molecule has 0 spiro atoms. The van der Waals surface area contributed by atoms with Gasteiger partial charge < -0.3 is 10.6 Å². The number of urea groups is 1. The maximum atomic E-state index is 12.9. The smallest absolute Gasteiger partial charge is 0.326 e. The number of carbonyl (C=O) groups is 2. The summed E-state index contributed by atoms with van der Waals surface area (Å²) in [6.07, 6.45) is 8.00. The number of nitro groups is 1. The second-order valence-corrected chi connectivity index (χ2v) is 7.94. The van der Waals surface area contributed by atoms with E-state index in [1.807, 2.05) is 30.3 Å². The maximum Gasteiger partial charge on any atom is 0.326 e. The number of nitro benzene ring substituents is 1. The van der Waals surface area contributed by atoms with Crippen molar-refractivity contribution in [1.82, 2.24) is 5.32 Å². The molecule has 0 atom stereocenters. The summed E-state index contributed by atoms with van der Waals surface area (Å²) in [5.41, 5.74) is 1.17. The molecule has 0 fully saturated rings. The molecule has 33 heavy (non-hydrogen) atoms. The highest BCUT2D eigenvalue weighted by atomic mass is 16.6. The van der Waals surface area contributed by atoms with Crippen molar-refractivity contribution in [2.24, 2.45) is 0 Å². The molecule has 0 radical (unpaired) electrons. The molecule has 0 saturated heterocycles. The van der Waals surface area contributed by atoms with Crippen molar-refractivity contribution >= 4 is 29.0 Å². The minimum absolute atomic E-state index is 0.0374. The van der Waals surface area contributed by atoms with Crippen molar-refractivity contribution < 1.29 is 14.5 Å². The molecule has 0 unspecified atom stereocenters. The third-order valence-electron chi connectivity index (χ3n) is 5.28. The van der Waals surface area contributed by atoms with Crippen LogP contribution in [-0.2, 0) is 4.79 Å². The van der Waals surface area contributed by atoms with Crippen LogP contribution in [0.1, 0.15) is 58.3 Å². The van der Waals surface area contributed by atoms with Gasteiger partial charge in [-0.05, 0) is 37.1 Å². The zero-order valence-corrected chi connectivity index (χ0v) is 19.3. The quantitative estimate of drug-likeness (QED) is 0.211. The molecular formula is C25H34N4O4.